The van der Waals surface area contributed by atoms with Crippen LogP contribution in [0.2, 0.25) is 0 Å². The smallest absolute Gasteiger partial charge is 0.0856 e. The highest BCUT2D eigenvalue weighted by atomic mass is 16.5. The van der Waals surface area contributed by atoms with Gasteiger partial charge in [0.25, 0.3) is 0 Å². The average molecular weight is 226 g/mol. The van der Waals surface area contributed by atoms with E-state index in [-0.39, 0.29) is 12.1 Å². The summed E-state index contributed by atoms with van der Waals surface area (Å²) in [5.41, 5.74) is 7.39. The van der Waals surface area contributed by atoms with Gasteiger partial charge in [0, 0.05) is 25.2 Å². The predicted octanol–water partition coefficient (Wildman–Crippen LogP) is 1.78. The second-order valence-corrected chi connectivity index (χ2v) is 4.97. The molecule has 1 heterocycles. The average Bonchev–Trinajstić information content (AvgIpc) is 2.28. The molecule has 2 N–H and O–H groups in total. The standard InChI is InChI=1S/C13H26N2O/c1-5-11(4)8-12(14)13-9-15(10(2)3)6-7-16-13/h10,12-13H,4-9,14H2,1-3H3. The maximum Gasteiger partial charge on any atom is 0.0856 e. The minimum Gasteiger partial charge on any atom is -0.374 e. The monoisotopic (exact) mass is 226 g/mol. The van der Waals surface area contributed by atoms with Crippen LogP contribution in [-0.2, 0) is 4.74 Å². The third kappa shape index (κ3) is 3.89. The van der Waals surface area contributed by atoms with E-state index < -0.39 is 0 Å². The highest BCUT2D eigenvalue weighted by Gasteiger charge is 2.26. The van der Waals surface area contributed by atoms with E-state index in [0.717, 1.165) is 32.5 Å². The SMILES string of the molecule is C=C(CC)CC(N)C1CN(C(C)C)CCO1. The van der Waals surface area contributed by atoms with Crippen LogP contribution in [0.4, 0.5) is 0 Å². The summed E-state index contributed by atoms with van der Waals surface area (Å²) in [6.07, 6.45) is 2.06. The molecule has 0 aromatic rings. The van der Waals surface area contributed by atoms with Gasteiger partial charge in [0.2, 0.25) is 0 Å². The predicted molar refractivity (Wildman–Crippen MR) is 68.5 cm³/mol. The van der Waals surface area contributed by atoms with Crippen LogP contribution in [-0.4, -0.2) is 42.8 Å². The van der Waals surface area contributed by atoms with Crippen molar-refractivity contribution >= 4 is 0 Å². The number of rotatable bonds is 5. The molecule has 1 saturated heterocycles. The van der Waals surface area contributed by atoms with Crippen LogP contribution < -0.4 is 5.73 Å². The molecule has 0 amide bonds. The summed E-state index contributed by atoms with van der Waals surface area (Å²) in [6, 6.07) is 0.668. The van der Waals surface area contributed by atoms with Crippen molar-refractivity contribution in [2.45, 2.75) is 51.8 Å². The number of ether oxygens (including phenoxy) is 1. The molecule has 0 saturated carbocycles. The van der Waals surface area contributed by atoms with Crippen molar-refractivity contribution < 1.29 is 4.74 Å². The van der Waals surface area contributed by atoms with E-state index in [1.54, 1.807) is 0 Å². The lowest BCUT2D eigenvalue weighted by Gasteiger charge is -2.38. The summed E-state index contributed by atoms with van der Waals surface area (Å²) in [5.74, 6) is 0. The third-order valence-corrected chi connectivity index (χ3v) is 3.36. The molecule has 1 aliphatic rings. The van der Waals surface area contributed by atoms with Gasteiger partial charge < -0.3 is 10.5 Å². The van der Waals surface area contributed by atoms with Crippen molar-refractivity contribution in [3.05, 3.63) is 12.2 Å². The first-order valence-corrected chi connectivity index (χ1v) is 6.32. The van der Waals surface area contributed by atoms with E-state index in [1.165, 1.54) is 5.57 Å². The molecule has 0 radical (unpaired) electrons. The summed E-state index contributed by atoms with van der Waals surface area (Å²) in [7, 11) is 0. The van der Waals surface area contributed by atoms with E-state index in [0.29, 0.717) is 6.04 Å². The van der Waals surface area contributed by atoms with Crippen molar-refractivity contribution in [3.8, 4) is 0 Å². The lowest BCUT2D eigenvalue weighted by atomic mass is 10.00. The Kier molecular flexibility index (Phi) is 5.46. The van der Waals surface area contributed by atoms with E-state index in [4.69, 9.17) is 10.5 Å². The van der Waals surface area contributed by atoms with Gasteiger partial charge in [-0.3, -0.25) is 4.90 Å². The van der Waals surface area contributed by atoms with Crippen LogP contribution in [0, 0.1) is 0 Å². The Balaban J connectivity index is 2.43. The largest absolute Gasteiger partial charge is 0.374 e. The topological polar surface area (TPSA) is 38.5 Å². The Morgan fingerprint density at radius 3 is 2.81 bits per heavy atom. The second kappa shape index (κ2) is 6.38. The Hall–Kier alpha value is -0.380. The number of nitrogens with two attached hydrogens (primary N) is 1. The number of nitrogens with zero attached hydrogens (tertiary/aromatic N) is 1. The zero-order chi connectivity index (χ0) is 12.1. The van der Waals surface area contributed by atoms with E-state index in [2.05, 4.69) is 32.3 Å². The molecule has 3 heteroatoms. The molecule has 94 valence electrons. The van der Waals surface area contributed by atoms with Crippen molar-refractivity contribution in [2.24, 2.45) is 5.73 Å². The van der Waals surface area contributed by atoms with Gasteiger partial charge in [-0.2, -0.15) is 0 Å². The van der Waals surface area contributed by atoms with Crippen LogP contribution in [0.3, 0.4) is 0 Å². The molecular weight excluding hydrogens is 200 g/mol. The molecule has 0 spiro atoms. The first-order valence-electron chi connectivity index (χ1n) is 6.32. The molecule has 0 bridgehead atoms. The minimum atomic E-state index is 0.0917. The molecule has 2 atom stereocenters. The first-order chi connectivity index (χ1) is 7.54. The zero-order valence-electron chi connectivity index (χ0n) is 10.9. The molecule has 0 aromatic heterocycles. The summed E-state index contributed by atoms with van der Waals surface area (Å²) in [4.78, 5) is 2.43. The molecule has 16 heavy (non-hydrogen) atoms. The Labute approximate surface area is 99.6 Å². The second-order valence-electron chi connectivity index (χ2n) is 4.97. The van der Waals surface area contributed by atoms with E-state index in [9.17, 15) is 0 Å². The molecule has 1 fully saturated rings. The fourth-order valence-corrected chi connectivity index (χ4v) is 2.03. The molecule has 1 rings (SSSR count). The van der Waals surface area contributed by atoms with Crippen LogP contribution in [0.15, 0.2) is 12.2 Å². The summed E-state index contributed by atoms with van der Waals surface area (Å²) in [6.45, 7) is 13.4. The summed E-state index contributed by atoms with van der Waals surface area (Å²) in [5, 5.41) is 0. The van der Waals surface area contributed by atoms with Gasteiger partial charge >= 0.3 is 0 Å². The molecule has 0 aliphatic carbocycles. The normalized spacial score (nSPS) is 24.7. The molecule has 1 aliphatic heterocycles. The maximum atomic E-state index is 6.17. The Morgan fingerprint density at radius 2 is 2.25 bits per heavy atom. The van der Waals surface area contributed by atoms with Gasteiger partial charge in [-0.1, -0.05) is 19.1 Å². The summed E-state index contributed by atoms with van der Waals surface area (Å²) >= 11 is 0. The highest BCUT2D eigenvalue weighted by molar-refractivity contribution is 4.98. The zero-order valence-corrected chi connectivity index (χ0v) is 10.9. The van der Waals surface area contributed by atoms with Gasteiger partial charge in [0.15, 0.2) is 0 Å². The number of hydrogen-bond acceptors (Lipinski definition) is 3. The van der Waals surface area contributed by atoms with Gasteiger partial charge in [-0.05, 0) is 26.7 Å². The van der Waals surface area contributed by atoms with Gasteiger partial charge in [-0.15, -0.1) is 0 Å². The summed E-state index contributed by atoms with van der Waals surface area (Å²) < 4.78 is 5.76. The molecule has 2 unspecified atom stereocenters. The van der Waals surface area contributed by atoms with Crippen molar-refractivity contribution in [3.63, 3.8) is 0 Å². The van der Waals surface area contributed by atoms with E-state index >= 15 is 0 Å². The Bertz CT molecular complexity index is 228. The third-order valence-electron chi connectivity index (χ3n) is 3.36. The van der Waals surface area contributed by atoms with Crippen LogP contribution >= 0.6 is 0 Å². The van der Waals surface area contributed by atoms with Crippen molar-refractivity contribution in [1.82, 2.24) is 4.90 Å². The van der Waals surface area contributed by atoms with Crippen molar-refractivity contribution in [1.29, 1.82) is 0 Å². The number of hydrogen-bond donors (Lipinski definition) is 1. The Morgan fingerprint density at radius 1 is 1.56 bits per heavy atom. The van der Waals surface area contributed by atoms with Gasteiger partial charge in [0.05, 0.1) is 12.7 Å². The quantitative estimate of drug-likeness (QED) is 0.726. The lowest BCUT2D eigenvalue weighted by Crippen LogP contribution is -2.52. The van der Waals surface area contributed by atoms with Crippen molar-refractivity contribution in [2.75, 3.05) is 19.7 Å². The molecule has 0 aromatic carbocycles. The van der Waals surface area contributed by atoms with Crippen LogP contribution in [0.5, 0.6) is 0 Å². The molecular formula is C13H26N2O. The fraction of sp³-hybridized carbons (Fsp3) is 0.846. The van der Waals surface area contributed by atoms with Gasteiger partial charge in [0.1, 0.15) is 0 Å². The van der Waals surface area contributed by atoms with Gasteiger partial charge in [-0.25, -0.2) is 0 Å². The highest BCUT2D eigenvalue weighted by Crippen LogP contribution is 2.15. The number of morpholine rings is 1. The first kappa shape index (κ1) is 13.7. The maximum absolute atomic E-state index is 6.17. The van der Waals surface area contributed by atoms with E-state index in [1.807, 2.05) is 0 Å². The fourth-order valence-electron chi connectivity index (χ4n) is 2.03. The molecule has 3 nitrogen and oxygen atoms in total. The van der Waals surface area contributed by atoms with Crippen LogP contribution in [0.25, 0.3) is 0 Å². The minimum absolute atomic E-state index is 0.0917. The lowest BCUT2D eigenvalue weighted by molar-refractivity contribution is -0.0495. The van der Waals surface area contributed by atoms with Crippen LogP contribution in [0.1, 0.15) is 33.6 Å².